The summed E-state index contributed by atoms with van der Waals surface area (Å²) in [7, 11) is 0. The van der Waals surface area contributed by atoms with Crippen LogP contribution in [0.15, 0.2) is 30.7 Å². The lowest BCUT2D eigenvalue weighted by Crippen LogP contribution is -2.16. The fourth-order valence-electron chi connectivity index (χ4n) is 1.84. The van der Waals surface area contributed by atoms with E-state index < -0.39 is 11.9 Å². The predicted molar refractivity (Wildman–Crippen MR) is 63.9 cm³/mol. The average molecular weight is 231 g/mol. The molecule has 0 saturated carbocycles. The van der Waals surface area contributed by atoms with Crippen molar-refractivity contribution in [3.05, 3.63) is 58.9 Å². The molecule has 88 valence electrons. The molecule has 4 heteroatoms. The molecule has 0 amide bonds. The molecule has 0 aliphatic carbocycles. The molecule has 2 aromatic heterocycles. The van der Waals surface area contributed by atoms with Gasteiger partial charge in [0.15, 0.2) is 0 Å². The SMILES string of the molecule is Cc1cnc(C(N)c2ccncc2F)c(C)c1. The van der Waals surface area contributed by atoms with Gasteiger partial charge < -0.3 is 5.73 Å². The summed E-state index contributed by atoms with van der Waals surface area (Å²) in [6.07, 6.45) is 4.43. The topological polar surface area (TPSA) is 51.8 Å². The molecule has 1 atom stereocenters. The third kappa shape index (κ3) is 2.31. The number of halogens is 1. The number of hydrogen-bond donors (Lipinski definition) is 1. The van der Waals surface area contributed by atoms with E-state index in [0.717, 1.165) is 11.1 Å². The van der Waals surface area contributed by atoms with E-state index in [9.17, 15) is 4.39 Å². The summed E-state index contributed by atoms with van der Waals surface area (Å²) in [5.41, 5.74) is 9.18. The maximum atomic E-state index is 13.6. The maximum Gasteiger partial charge on any atom is 0.146 e. The van der Waals surface area contributed by atoms with Gasteiger partial charge in [-0.15, -0.1) is 0 Å². The van der Waals surface area contributed by atoms with Crippen molar-refractivity contribution in [1.29, 1.82) is 0 Å². The van der Waals surface area contributed by atoms with Gasteiger partial charge in [-0.25, -0.2) is 4.39 Å². The molecule has 2 rings (SSSR count). The highest BCUT2D eigenvalue weighted by Gasteiger charge is 2.16. The molecule has 2 aromatic rings. The van der Waals surface area contributed by atoms with Crippen molar-refractivity contribution in [3.63, 3.8) is 0 Å². The quantitative estimate of drug-likeness (QED) is 0.862. The van der Waals surface area contributed by atoms with Crippen LogP contribution >= 0.6 is 0 Å². The highest BCUT2D eigenvalue weighted by molar-refractivity contribution is 5.33. The monoisotopic (exact) mass is 231 g/mol. The number of hydrogen-bond acceptors (Lipinski definition) is 3. The van der Waals surface area contributed by atoms with E-state index in [0.29, 0.717) is 11.3 Å². The number of nitrogens with two attached hydrogens (primary N) is 1. The van der Waals surface area contributed by atoms with Crippen LogP contribution in [0.2, 0.25) is 0 Å². The van der Waals surface area contributed by atoms with Crippen molar-refractivity contribution in [1.82, 2.24) is 9.97 Å². The van der Waals surface area contributed by atoms with Crippen LogP contribution in [0, 0.1) is 19.7 Å². The molecule has 0 spiro atoms. The van der Waals surface area contributed by atoms with Gasteiger partial charge in [-0.05, 0) is 31.0 Å². The Morgan fingerprint density at radius 2 is 2.06 bits per heavy atom. The zero-order valence-corrected chi connectivity index (χ0v) is 9.81. The number of aromatic nitrogens is 2. The van der Waals surface area contributed by atoms with Crippen molar-refractivity contribution in [2.24, 2.45) is 5.73 Å². The van der Waals surface area contributed by atoms with E-state index in [1.54, 1.807) is 12.3 Å². The summed E-state index contributed by atoms with van der Waals surface area (Å²) in [4.78, 5) is 7.99. The Bertz CT molecular complexity index is 540. The van der Waals surface area contributed by atoms with Crippen molar-refractivity contribution in [2.75, 3.05) is 0 Å². The first-order chi connectivity index (χ1) is 8.09. The smallest absolute Gasteiger partial charge is 0.146 e. The molecule has 2 N–H and O–H groups in total. The summed E-state index contributed by atoms with van der Waals surface area (Å²) < 4.78 is 13.6. The number of nitrogens with zero attached hydrogens (tertiary/aromatic N) is 2. The molecule has 2 heterocycles. The Hall–Kier alpha value is -1.81. The lowest BCUT2D eigenvalue weighted by molar-refractivity contribution is 0.590. The minimum atomic E-state index is -0.557. The van der Waals surface area contributed by atoms with Crippen molar-refractivity contribution >= 4 is 0 Å². The second-order valence-corrected chi connectivity index (χ2v) is 4.09. The first kappa shape index (κ1) is 11.7. The molecule has 0 aliphatic rings. The van der Waals surface area contributed by atoms with Crippen LogP contribution in [0.1, 0.15) is 28.4 Å². The van der Waals surface area contributed by atoms with Crippen molar-refractivity contribution < 1.29 is 4.39 Å². The molecule has 0 radical (unpaired) electrons. The summed E-state index contributed by atoms with van der Waals surface area (Å²) in [6, 6.07) is 3.01. The lowest BCUT2D eigenvalue weighted by atomic mass is 10.0. The van der Waals surface area contributed by atoms with Crippen LogP contribution in [0.3, 0.4) is 0 Å². The van der Waals surface area contributed by atoms with Gasteiger partial charge in [0, 0.05) is 18.0 Å². The third-order valence-electron chi connectivity index (χ3n) is 2.69. The number of aryl methyl sites for hydroxylation is 2. The zero-order valence-electron chi connectivity index (χ0n) is 9.81. The highest BCUT2D eigenvalue weighted by Crippen LogP contribution is 2.22. The average Bonchev–Trinajstić information content (AvgIpc) is 2.29. The Morgan fingerprint density at radius 3 is 2.71 bits per heavy atom. The number of pyridine rings is 2. The summed E-state index contributed by atoms with van der Waals surface area (Å²) in [5, 5.41) is 0. The van der Waals surface area contributed by atoms with Gasteiger partial charge in [-0.3, -0.25) is 9.97 Å². The molecule has 0 bridgehead atoms. The predicted octanol–water partition coefficient (Wildman–Crippen LogP) is 2.28. The van der Waals surface area contributed by atoms with E-state index >= 15 is 0 Å². The van der Waals surface area contributed by atoms with Crippen LogP contribution in [-0.4, -0.2) is 9.97 Å². The van der Waals surface area contributed by atoms with Crippen molar-refractivity contribution in [3.8, 4) is 0 Å². The fraction of sp³-hybridized carbons (Fsp3) is 0.231. The summed E-state index contributed by atoms with van der Waals surface area (Å²) in [5.74, 6) is -0.401. The maximum absolute atomic E-state index is 13.6. The van der Waals surface area contributed by atoms with Gasteiger partial charge in [0.25, 0.3) is 0 Å². The van der Waals surface area contributed by atoms with E-state index in [-0.39, 0.29) is 0 Å². The third-order valence-corrected chi connectivity index (χ3v) is 2.69. The van der Waals surface area contributed by atoms with Gasteiger partial charge in [-0.2, -0.15) is 0 Å². The molecule has 3 nitrogen and oxygen atoms in total. The first-order valence-electron chi connectivity index (χ1n) is 5.37. The Morgan fingerprint density at radius 1 is 1.29 bits per heavy atom. The van der Waals surface area contributed by atoms with E-state index in [4.69, 9.17) is 5.73 Å². The van der Waals surface area contributed by atoms with Crippen LogP contribution in [0.4, 0.5) is 4.39 Å². The molecule has 0 aromatic carbocycles. The van der Waals surface area contributed by atoms with Crippen LogP contribution in [0.25, 0.3) is 0 Å². The Kier molecular flexibility index (Phi) is 3.15. The van der Waals surface area contributed by atoms with Gasteiger partial charge in [0.05, 0.1) is 17.9 Å². The number of rotatable bonds is 2. The van der Waals surface area contributed by atoms with Crippen LogP contribution in [-0.2, 0) is 0 Å². The Labute approximate surface area is 99.5 Å². The largest absolute Gasteiger partial charge is 0.319 e. The minimum absolute atomic E-state index is 0.401. The van der Waals surface area contributed by atoms with E-state index in [1.807, 2.05) is 19.9 Å². The van der Waals surface area contributed by atoms with Crippen molar-refractivity contribution in [2.45, 2.75) is 19.9 Å². The van der Waals surface area contributed by atoms with Gasteiger partial charge in [-0.1, -0.05) is 6.07 Å². The second-order valence-electron chi connectivity index (χ2n) is 4.09. The molecule has 0 aliphatic heterocycles. The van der Waals surface area contributed by atoms with Gasteiger partial charge >= 0.3 is 0 Å². The molecule has 1 unspecified atom stereocenters. The highest BCUT2D eigenvalue weighted by atomic mass is 19.1. The molecule has 0 fully saturated rings. The summed E-state index contributed by atoms with van der Waals surface area (Å²) >= 11 is 0. The molecule has 17 heavy (non-hydrogen) atoms. The second kappa shape index (κ2) is 4.59. The van der Waals surface area contributed by atoms with Gasteiger partial charge in [0.1, 0.15) is 5.82 Å². The normalized spacial score (nSPS) is 12.5. The molecular weight excluding hydrogens is 217 g/mol. The van der Waals surface area contributed by atoms with Crippen LogP contribution < -0.4 is 5.73 Å². The molecule has 0 saturated heterocycles. The fourth-order valence-corrected chi connectivity index (χ4v) is 1.84. The minimum Gasteiger partial charge on any atom is -0.319 e. The van der Waals surface area contributed by atoms with E-state index in [1.165, 1.54) is 12.4 Å². The van der Waals surface area contributed by atoms with E-state index in [2.05, 4.69) is 9.97 Å². The standard InChI is InChI=1S/C13H14FN3/c1-8-5-9(2)13(17-6-8)12(15)10-3-4-16-7-11(10)14/h3-7,12H,15H2,1-2H3. The molecular formula is C13H14FN3. The summed E-state index contributed by atoms with van der Waals surface area (Å²) in [6.45, 7) is 3.89. The van der Waals surface area contributed by atoms with Crippen LogP contribution in [0.5, 0.6) is 0 Å². The van der Waals surface area contributed by atoms with Gasteiger partial charge in [0.2, 0.25) is 0 Å². The first-order valence-corrected chi connectivity index (χ1v) is 5.37. The zero-order chi connectivity index (χ0) is 12.4. The lowest BCUT2D eigenvalue weighted by Gasteiger charge is -2.14. The Balaban J connectivity index is 2.44.